The molecule has 1 N–H and O–H groups in total. The minimum atomic E-state index is -3.96. The zero-order valence-electron chi connectivity index (χ0n) is 17.6. The number of carbonyl (C=O) groups is 1. The van der Waals surface area contributed by atoms with Crippen molar-refractivity contribution in [1.82, 2.24) is 19.2 Å². The first kappa shape index (κ1) is 22.6. The molecular formula is C22H25FN4O3S. The fourth-order valence-corrected chi connectivity index (χ4v) is 4.46. The number of amides is 1. The van der Waals surface area contributed by atoms with E-state index in [0.717, 1.165) is 0 Å². The van der Waals surface area contributed by atoms with Crippen LogP contribution in [0.5, 0.6) is 0 Å². The number of imidazole rings is 1. The van der Waals surface area contributed by atoms with Gasteiger partial charge in [-0.25, -0.2) is 17.8 Å². The van der Waals surface area contributed by atoms with Crippen molar-refractivity contribution in [1.29, 1.82) is 0 Å². The first-order chi connectivity index (χ1) is 14.8. The molecule has 0 spiro atoms. The van der Waals surface area contributed by atoms with Crippen LogP contribution in [0.25, 0.3) is 0 Å². The third-order valence-corrected chi connectivity index (χ3v) is 6.49. The molecule has 0 radical (unpaired) electrons. The summed E-state index contributed by atoms with van der Waals surface area (Å²) in [6.45, 7) is 4.91. The molecule has 0 saturated heterocycles. The quantitative estimate of drug-likeness (QED) is 0.579. The lowest BCUT2D eigenvalue weighted by molar-refractivity contribution is 0.0773. The van der Waals surface area contributed by atoms with Gasteiger partial charge in [0.2, 0.25) is 10.0 Å². The molecular weight excluding hydrogens is 419 g/mol. The van der Waals surface area contributed by atoms with Crippen molar-refractivity contribution in [3.05, 3.63) is 83.7 Å². The second-order valence-electron chi connectivity index (χ2n) is 7.00. The molecule has 2 aromatic carbocycles. The lowest BCUT2D eigenvalue weighted by atomic mass is 10.1. The molecule has 1 amide bonds. The van der Waals surface area contributed by atoms with E-state index < -0.39 is 21.9 Å². The zero-order valence-corrected chi connectivity index (χ0v) is 18.4. The van der Waals surface area contributed by atoms with Gasteiger partial charge in [-0.15, -0.1) is 0 Å². The smallest absolute Gasteiger partial charge is 0.253 e. The van der Waals surface area contributed by atoms with Gasteiger partial charge in [-0.3, -0.25) is 4.79 Å². The highest BCUT2D eigenvalue weighted by Gasteiger charge is 2.26. The fraction of sp³-hybridized carbons (Fsp3) is 0.273. The van der Waals surface area contributed by atoms with Gasteiger partial charge in [0.15, 0.2) is 0 Å². The van der Waals surface area contributed by atoms with E-state index in [0.29, 0.717) is 30.0 Å². The SMILES string of the molecule is CCN(CC)C(=O)c1ccc(S(=O)(=O)NC(c2ccc(F)cc2)c2nccn2C)cc1. The van der Waals surface area contributed by atoms with Crippen molar-refractivity contribution in [2.45, 2.75) is 24.8 Å². The highest BCUT2D eigenvalue weighted by Crippen LogP contribution is 2.24. The summed E-state index contributed by atoms with van der Waals surface area (Å²) in [6, 6.07) is 10.6. The summed E-state index contributed by atoms with van der Waals surface area (Å²) in [5.41, 5.74) is 0.967. The second kappa shape index (κ2) is 9.40. The van der Waals surface area contributed by atoms with Gasteiger partial charge in [0.1, 0.15) is 17.7 Å². The van der Waals surface area contributed by atoms with Gasteiger partial charge in [-0.05, 0) is 55.8 Å². The van der Waals surface area contributed by atoms with Crippen LogP contribution in [0.15, 0.2) is 65.8 Å². The van der Waals surface area contributed by atoms with E-state index in [1.165, 1.54) is 48.5 Å². The topological polar surface area (TPSA) is 84.3 Å². The number of halogens is 1. The molecule has 3 aromatic rings. The number of aryl methyl sites for hydroxylation is 1. The predicted octanol–water partition coefficient (Wildman–Crippen LogP) is 3.11. The lowest BCUT2D eigenvalue weighted by Gasteiger charge is -2.20. The Hall–Kier alpha value is -3.04. The Labute approximate surface area is 181 Å². The van der Waals surface area contributed by atoms with Crippen LogP contribution in [0.3, 0.4) is 0 Å². The Morgan fingerprint density at radius 1 is 1.10 bits per heavy atom. The number of carbonyl (C=O) groups excluding carboxylic acids is 1. The summed E-state index contributed by atoms with van der Waals surface area (Å²) in [5.74, 6) is -0.110. The number of hydrogen-bond acceptors (Lipinski definition) is 4. The van der Waals surface area contributed by atoms with Crippen LogP contribution in [0, 0.1) is 5.82 Å². The maximum absolute atomic E-state index is 13.4. The third-order valence-electron chi connectivity index (χ3n) is 5.06. The van der Waals surface area contributed by atoms with Gasteiger partial charge >= 0.3 is 0 Å². The molecule has 1 unspecified atom stereocenters. The molecule has 1 atom stereocenters. The van der Waals surface area contributed by atoms with Gasteiger partial charge in [0, 0.05) is 38.1 Å². The molecule has 0 aliphatic heterocycles. The average Bonchev–Trinajstić information content (AvgIpc) is 3.19. The number of sulfonamides is 1. The van der Waals surface area contributed by atoms with Crippen molar-refractivity contribution in [2.75, 3.05) is 13.1 Å². The number of benzene rings is 2. The van der Waals surface area contributed by atoms with Crippen molar-refractivity contribution >= 4 is 15.9 Å². The molecule has 0 fully saturated rings. The highest BCUT2D eigenvalue weighted by molar-refractivity contribution is 7.89. The molecule has 1 aromatic heterocycles. The summed E-state index contributed by atoms with van der Waals surface area (Å²) in [7, 11) is -2.21. The van der Waals surface area contributed by atoms with E-state index in [4.69, 9.17) is 0 Å². The Bertz CT molecular complexity index is 1140. The average molecular weight is 445 g/mol. The van der Waals surface area contributed by atoms with Crippen molar-refractivity contribution < 1.29 is 17.6 Å². The van der Waals surface area contributed by atoms with E-state index in [1.807, 2.05) is 13.8 Å². The molecule has 7 nitrogen and oxygen atoms in total. The van der Waals surface area contributed by atoms with Crippen LogP contribution >= 0.6 is 0 Å². The summed E-state index contributed by atoms with van der Waals surface area (Å²) in [5, 5.41) is 0. The summed E-state index contributed by atoms with van der Waals surface area (Å²) >= 11 is 0. The van der Waals surface area contributed by atoms with Crippen LogP contribution < -0.4 is 4.72 Å². The first-order valence-corrected chi connectivity index (χ1v) is 11.4. The fourth-order valence-electron chi connectivity index (χ4n) is 3.27. The van der Waals surface area contributed by atoms with Crippen LogP contribution in [-0.4, -0.2) is 41.9 Å². The number of hydrogen-bond donors (Lipinski definition) is 1. The Morgan fingerprint density at radius 3 is 2.23 bits per heavy atom. The molecule has 0 bridgehead atoms. The number of aromatic nitrogens is 2. The number of nitrogens with one attached hydrogen (secondary N) is 1. The maximum atomic E-state index is 13.4. The zero-order chi connectivity index (χ0) is 22.6. The largest absolute Gasteiger partial charge is 0.339 e. The number of rotatable bonds is 8. The molecule has 0 aliphatic carbocycles. The molecule has 0 saturated carbocycles. The summed E-state index contributed by atoms with van der Waals surface area (Å²) < 4.78 is 43.9. The van der Waals surface area contributed by atoms with E-state index in [-0.39, 0.29) is 10.8 Å². The summed E-state index contributed by atoms with van der Waals surface area (Å²) in [4.78, 5) is 18.4. The van der Waals surface area contributed by atoms with E-state index in [1.54, 1.807) is 28.9 Å². The van der Waals surface area contributed by atoms with Crippen molar-refractivity contribution in [2.24, 2.45) is 7.05 Å². The van der Waals surface area contributed by atoms with E-state index >= 15 is 0 Å². The minimum Gasteiger partial charge on any atom is -0.339 e. The molecule has 31 heavy (non-hydrogen) atoms. The second-order valence-corrected chi connectivity index (χ2v) is 8.72. The molecule has 1 heterocycles. The molecule has 164 valence electrons. The molecule has 3 rings (SSSR count). The normalized spacial score (nSPS) is 12.5. The van der Waals surface area contributed by atoms with E-state index in [9.17, 15) is 17.6 Å². The standard InChI is InChI=1S/C22H25FN4O3S/c1-4-27(5-2)22(28)17-8-12-19(13-9-17)31(29,30)25-20(21-24-14-15-26(21)3)16-6-10-18(23)11-7-16/h6-15,20,25H,4-5H2,1-3H3. The van der Waals surface area contributed by atoms with Crippen LogP contribution in [-0.2, 0) is 17.1 Å². The van der Waals surface area contributed by atoms with Crippen LogP contribution in [0.4, 0.5) is 4.39 Å². The van der Waals surface area contributed by atoms with Crippen LogP contribution in [0.2, 0.25) is 0 Å². The van der Waals surface area contributed by atoms with Crippen LogP contribution in [0.1, 0.15) is 41.6 Å². The van der Waals surface area contributed by atoms with Gasteiger partial charge in [0.05, 0.1) is 4.90 Å². The molecule has 0 aliphatic rings. The lowest BCUT2D eigenvalue weighted by Crippen LogP contribution is -2.32. The monoisotopic (exact) mass is 444 g/mol. The minimum absolute atomic E-state index is 0.0184. The maximum Gasteiger partial charge on any atom is 0.253 e. The van der Waals surface area contributed by atoms with E-state index in [2.05, 4.69) is 9.71 Å². The Kier molecular flexibility index (Phi) is 6.87. The first-order valence-electron chi connectivity index (χ1n) is 9.91. The van der Waals surface area contributed by atoms with Gasteiger partial charge in [-0.1, -0.05) is 12.1 Å². The van der Waals surface area contributed by atoms with Crippen molar-refractivity contribution in [3.8, 4) is 0 Å². The van der Waals surface area contributed by atoms with Gasteiger partial charge < -0.3 is 9.47 Å². The highest BCUT2D eigenvalue weighted by atomic mass is 32.2. The number of nitrogens with zero attached hydrogens (tertiary/aromatic N) is 3. The third kappa shape index (κ3) is 5.00. The predicted molar refractivity (Wildman–Crippen MR) is 115 cm³/mol. The Morgan fingerprint density at radius 2 is 1.71 bits per heavy atom. The van der Waals surface area contributed by atoms with Gasteiger partial charge in [0.25, 0.3) is 5.91 Å². The summed E-state index contributed by atoms with van der Waals surface area (Å²) in [6.07, 6.45) is 3.27. The molecule has 9 heteroatoms. The van der Waals surface area contributed by atoms with Crippen molar-refractivity contribution in [3.63, 3.8) is 0 Å². The Balaban J connectivity index is 1.91. The van der Waals surface area contributed by atoms with Gasteiger partial charge in [-0.2, -0.15) is 4.72 Å².